The average Bonchev–Trinajstić information content (AvgIpc) is 1.69. The molecule has 0 unspecified atom stereocenters. The minimum atomic E-state index is 0. The molecule has 1 nitrogen and oxygen atoms in total. The van der Waals surface area contributed by atoms with Gasteiger partial charge >= 0.3 is 53.8 Å². The number of halogens is 3. The fourth-order valence-electron chi connectivity index (χ4n) is 0.363. The average molecular weight is 235 g/mol. The number of nitrogens with zero attached hydrogens (tertiary/aromatic N) is 1. The minimum absolute atomic E-state index is 0. The van der Waals surface area contributed by atoms with Gasteiger partial charge in [-0.2, -0.15) is 0 Å². The van der Waals surface area contributed by atoms with Crippen LogP contribution in [0.1, 0.15) is 0 Å². The van der Waals surface area contributed by atoms with E-state index in [4.69, 9.17) is 0 Å². The molecule has 1 heterocycles. The number of hydrogen-bond acceptors (Lipinski definition) is 1. The quantitative estimate of drug-likeness (QED) is 0.621. The van der Waals surface area contributed by atoms with E-state index < -0.39 is 0 Å². The van der Waals surface area contributed by atoms with Crippen LogP contribution in [0.15, 0.2) is 24.4 Å². The van der Waals surface area contributed by atoms with Gasteiger partial charge in [-0.05, 0) is 0 Å². The maximum atomic E-state index is 3.98. The molecule has 0 N–H and O–H groups in total. The van der Waals surface area contributed by atoms with E-state index in [0.717, 1.165) is 4.00 Å². The summed E-state index contributed by atoms with van der Waals surface area (Å²) in [6.07, 6.45) is 1.79. The van der Waals surface area contributed by atoms with E-state index >= 15 is 0 Å². The predicted molar refractivity (Wildman–Crippen MR) is 45.6 cm³/mol. The van der Waals surface area contributed by atoms with E-state index in [1.807, 2.05) is 38.6 Å². The molecule has 0 amide bonds. The molecule has 1 aromatic heterocycles. The summed E-state index contributed by atoms with van der Waals surface area (Å²) in [4.78, 5) is 3.98. The third-order valence-electron chi connectivity index (χ3n) is 0.665. The first-order valence-electron chi connectivity index (χ1n) is 2.02. The molecule has 0 atom stereocenters. The third kappa shape index (κ3) is 6.85. The Morgan fingerprint density at radius 2 is 1.70 bits per heavy atom. The standard InChI is InChI=1S/C5H4N.3ClH.Ti/c1-2-4-6-5-3-1;;;;/h1-4H;3*1H;. The Balaban J connectivity index is -0.000000163. The number of rotatable bonds is 0. The molecule has 0 aliphatic rings. The second kappa shape index (κ2) is 9.73. The van der Waals surface area contributed by atoms with Gasteiger partial charge < -0.3 is 0 Å². The van der Waals surface area contributed by atoms with Crippen LogP contribution < -0.4 is 4.00 Å². The van der Waals surface area contributed by atoms with Crippen molar-refractivity contribution >= 4 is 41.2 Å². The van der Waals surface area contributed by atoms with Crippen molar-refractivity contribution in [1.82, 2.24) is 4.98 Å². The molecule has 0 aliphatic carbocycles. The van der Waals surface area contributed by atoms with Crippen LogP contribution in [0.2, 0.25) is 0 Å². The normalized spacial score (nSPS) is 5.90. The van der Waals surface area contributed by atoms with Crippen molar-refractivity contribution < 1.29 is 20.4 Å². The molecule has 0 fully saturated rings. The number of aromatic nitrogens is 1. The van der Waals surface area contributed by atoms with Gasteiger partial charge in [-0.1, -0.05) is 0 Å². The van der Waals surface area contributed by atoms with Gasteiger partial charge in [0.05, 0.1) is 0 Å². The van der Waals surface area contributed by atoms with Gasteiger partial charge in [0.1, 0.15) is 0 Å². The van der Waals surface area contributed by atoms with Gasteiger partial charge in [-0.3, -0.25) is 0 Å². The van der Waals surface area contributed by atoms with E-state index in [2.05, 4.69) is 4.98 Å². The van der Waals surface area contributed by atoms with E-state index in [0.29, 0.717) is 0 Å². The Morgan fingerprint density at radius 1 is 1.10 bits per heavy atom. The molecule has 0 spiro atoms. The summed E-state index contributed by atoms with van der Waals surface area (Å²) in [7, 11) is 0. The zero-order valence-corrected chi connectivity index (χ0v) is 8.99. The molecule has 5 heteroatoms. The van der Waals surface area contributed by atoms with Gasteiger partial charge in [-0.15, -0.1) is 37.2 Å². The topological polar surface area (TPSA) is 12.9 Å². The molecule has 0 aromatic carbocycles. The summed E-state index contributed by atoms with van der Waals surface area (Å²) < 4.78 is 1.07. The summed E-state index contributed by atoms with van der Waals surface area (Å²) in [5, 5.41) is 0. The summed E-state index contributed by atoms with van der Waals surface area (Å²) in [5.41, 5.74) is 0. The Labute approximate surface area is 90.6 Å². The van der Waals surface area contributed by atoms with Crippen molar-refractivity contribution in [3.63, 3.8) is 0 Å². The van der Waals surface area contributed by atoms with Crippen LogP contribution in [-0.2, 0) is 20.4 Å². The second-order valence-electron chi connectivity index (χ2n) is 1.21. The Bertz CT molecular complexity index is 147. The monoisotopic (exact) mass is 234 g/mol. The van der Waals surface area contributed by atoms with Gasteiger partial charge in [0.15, 0.2) is 0 Å². The Hall–Kier alpha value is 0.734. The molecule has 10 heavy (non-hydrogen) atoms. The van der Waals surface area contributed by atoms with Crippen LogP contribution >= 0.6 is 37.2 Å². The first kappa shape index (κ1) is 17.0. The van der Waals surface area contributed by atoms with Crippen molar-refractivity contribution in [2.45, 2.75) is 0 Å². The van der Waals surface area contributed by atoms with E-state index in [1.54, 1.807) is 6.20 Å². The zero-order chi connectivity index (χ0) is 5.11. The molecule has 0 aliphatic heterocycles. The van der Waals surface area contributed by atoms with Crippen LogP contribution in [0.3, 0.4) is 0 Å². The number of pyridine rings is 1. The van der Waals surface area contributed by atoms with Gasteiger partial charge in [0.2, 0.25) is 0 Å². The van der Waals surface area contributed by atoms with Crippen LogP contribution in [0, 0.1) is 0 Å². The van der Waals surface area contributed by atoms with E-state index in [9.17, 15) is 0 Å². The van der Waals surface area contributed by atoms with Crippen molar-refractivity contribution in [2.24, 2.45) is 0 Å². The first-order valence-corrected chi connectivity index (χ1v) is 2.80. The van der Waals surface area contributed by atoms with Gasteiger partial charge in [-0.25, -0.2) is 0 Å². The summed E-state index contributed by atoms with van der Waals surface area (Å²) in [5.74, 6) is 0. The van der Waals surface area contributed by atoms with Gasteiger partial charge in [0.25, 0.3) is 0 Å². The molecule has 0 bridgehead atoms. The fraction of sp³-hybridized carbons (Fsp3) is 0. The fourth-order valence-corrected chi connectivity index (χ4v) is 0.629. The second-order valence-corrected chi connectivity index (χ2v) is 2.01. The molecule has 57 valence electrons. The van der Waals surface area contributed by atoms with Crippen molar-refractivity contribution in [1.29, 1.82) is 0 Å². The molecular weight excluding hydrogens is 228 g/mol. The van der Waals surface area contributed by atoms with Gasteiger partial charge in [0, 0.05) is 0 Å². The van der Waals surface area contributed by atoms with Crippen LogP contribution in [0.25, 0.3) is 0 Å². The van der Waals surface area contributed by atoms with Crippen LogP contribution in [0.5, 0.6) is 0 Å². The SMILES string of the molecule is Cl.Cl.Cl.[Ti][c]1ccccn1. The van der Waals surface area contributed by atoms with Crippen molar-refractivity contribution in [3.8, 4) is 0 Å². The summed E-state index contributed by atoms with van der Waals surface area (Å²) in [6, 6.07) is 5.86. The number of hydrogen-bond donors (Lipinski definition) is 0. The van der Waals surface area contributed by atoms with E-state index in [1.165, 1.54) is 0 Å². The Morgan fingerprint density at radius 3 is 1.90 bits per heavy atom. The maximum absolute atomic E-state index is 3.98. The molecule has 0 saturated heterocycles. The van der Waals surface area contributed by atoms with Crippen LogP contribution in [-0.4, -0.2) is 4.98 Å². The van der Waals surface area contributed by atoms with Crippen molar-refractivity contribution in [2.75, 3.05) is 0 Å². The predicted octanol–water partition coefficient (Wildman–Crippen LogP) is 1.52. The molecule has 1 aromatic rings. The van der Waals surface area contributed by atoms with Crippen LogP contribution in [0.4, 0.5) is 0 Å². The molecule has 1 rings (SSSR count). The first-order chi connectivity index (χ1) is 3.39. The molecule has 0 saturated carbocycles. The molecular formula is C5H7Cl3NTi. The third-order valence-corrected chi connectivity index (χ3v) is 1.13. The molecule has 0 radical (unpaired) electrons. The summed E-state index contributed by atoms with van der Waals surface area (Å²) >= 11 is 1.97. The van der Waals surface area contributed by atoms with Crippen molar-refractivity contribution in [3.05, 3.63) is 24.4 Å². The Kier molecular flexibility index (Phi) is 16.6. The zero-order valence-electron chi connectivity index (χ0n) is 4.98. The summed E-state index contributed by atoms with van der Waals surface area (Å²) in [6.45, 7) is 0. The van der Waals surface area contributed by atoms with E-state index in [-0.39, 0.29) is 37.2 Å².